The van der Waals surface area contributed by atoms with Gasteiger partial charge in [0.15, 0.2) is 0 Å². The number of hydrogen-bond acceptors (Lipinski definition) is 2. The van der Waals surface area contributed by atoms with Crippen LogP contribution in [0.25, 0.3) is 22.3 Å². The van der Waals surface area contributed by atoms with Crippen LogP contribution in [0.2, 0.25) is 0 Å². The van der Waals surface area contributed by atoms with Crippen LogP contribution in [0.15, 0.2) is 57.9 Å². The van der Waals surface area contributed by atoms with Crippen LogP contribution >= 0.6 is 15.9 Å². The number of alkyl halides is 3. The Morgan fingerprint density at radius 1 is 1.00 bits per heavy atom. The van der Waals surface area contributed by atoms with E-state index in [2.05, 4.69) is 15.9 Å². The van der Waals surface area contributed by atoms with E-state index in [1.54, 1.807) is 24.3 Å². The van der Waals surface area contributed by atoms with E-state index in [4.69, 9.17) is 0 Å². The Morgan fingerprint density at radius 3 is 2.31 bits per heavy atom. The van der Waals surface area contributed by atoms with Crippen LogP contribution in [0.5, 0.6) is 0 Å². The van der Waals surface area contributed by atoms with Crippen LogP contribution in [0.1, 0.15) is 16.7 Å². The molecule has 1 aliphatic rings. The van der Waals surface area contributed by atoms with Crippen molar-refractivity contribution in [1.82, 2.24) is 0 Å². The zero-order valence-electron chi connectivity index (χ0n) is 14.4. The quantitative estimate of drug-likeness (QED) is 0.275. The Balaban J connectivity index is 2.19. The summed E-state index contributed by atoms with van der Waals surface area (Å²) < 4.78 is 89.0. The number of rotatable bonds is 2. The summed E-state index contributed by atoms with van der Waals surface area (Å²) in [6.45, 7) is 0. The standard InChI is InChI=1S/C20H11BrF4O3S/c21-16-8-11(5-6-17(16)22)18-14-7-10-3-1-2-4-12(10)13(14)9-15(20(23,24)25)19(18)29(26,27)28/h1-6,8-9H,7H2,(H,26,27,28). The molecule has 0 atom stereocenters. The lowest BCUT2D eigenvalue weighted by molar-refractivity contribution is -0.139. The molecule has 0 aromatic heterocycles. The molecule has 4 rings (SSSR count). The average Bonchev–Trinajstić information content (AvgIpc) is 2.99. The van der Waals surface area contributed by atoms with Gasteiger partial charge >= 0.3 is 6.18 Å². The first kappa shape index (κ1) is 20.1. The number of fused-ring (bicyclic) bond motifs is 3. The first-order valence-corrected chi connectivity index (χ1v) is 10.5. The molecule has 0 heterocycles. The SMILES string of the molecule is O=S(=O)(O)c1c(C(F)(F)F)cc2c(c1-c1ccc(F)c(Br)c1)Cc1ccccc1-2. The van der Waals surface area contributed by atoms with Crippen LogP contribution in [0.3, 0.4) is 0 Å². The van der Waals surface area contributed by atoms with Gasteiger partial charge in [0, 0.05) is 5.56 Å². The molecule has 0 amide bonds. The Morgan fingerprint density at radius 2 is 1.69 bits per heavy atom. The minimum Gasteiger partial charge on any atom is -0.282 e. The zero-order chi connectivity index (χ0) is 21.1. The van der Waals surface area contributed by atoms with Crippen LogP contribution in [0, 0.1) is 5.82 Å². The van der Waals surface area contributed by atoms with E-state index >= 15 is 0 Å². The second-order valence-electron chi connectivity index (χ2n) is 6.59. The molecule has 0 radical (unpaired) electrons. The number of halogens is 5. The van der Waals surface area contributed by atoms with Gasteiger partial charge < -0.3 is 0 Å². The highest BCUT2D eigenvalue weighted by atomic mass is 79.9. The largest absolute Gasteiger partial charge is 0.417 e. The molecule has 1 aliphatic carbocycles. The first-order chi connectivity index (χ1) is 13.5. The van der Waals surface area contributed by atoms with Gasteiger partial charge in [0.2, 0.25) is 0 Å². The Hall–Kier alpha value is -2.23. The summed E-state index contributed by atoms with van der Waals surface area (Å²) in [5.74, 6) is -0.658. The van der Waals surface area contributed by atoms with Crippen molar-refractivity contribution in [2.75, 3.05) is 0 Å². The molecule has 3 aromatic carbocycles. The van der Waals surface area contributed by atoms with Crippen LogP contribution in [0.4, 0.5) is 17.6 Å². The Labute approximate surface area is 171 Å². The van der Waals surface area contributed by atoms with Gasteiger partial charge in [0.1, 0.15) is 10.7 Å². The summed E-state index contributed by atoms with van der Waals surface area (Å²) in [6, 6.07) is 10.9. The van der Waals surface area contributed by atoms with Crippen molar-refractivity contribution in [3.8, 4) is 22.3 Å². The van der Waals surface area contributed by atoms with Gasteiger partial charge in [-0.2, -0.15) is 21.6 Å². The summed E-state index contributed by atoms with van der Waals surface area (Å²) in [6.07, 6.45) is -4.86. The average molecular weight is 487 g/mol. The molecule has 0 unspecified atom stereocenters. The van der Waals surface area contributed by atoms with E-state index in [0.717, 1.165) is 17.7 Å². The maximum atomic E-state index is 13.8. The predicted octanol–water partition coefficient (Wildman–Crippen LogP) is 6.09. The van der Waals surface area contributed by atoms with Gasteiger partial charge in [0.25, 0.3) is 10.1 Å². The molecule has 0 spiro atoms. The van der Waals surface area contributed by atoms with Gasteiger partial charge in [0.05, 0.1) is 10.0 Å². The topological polar surface area (TPSA) is 54.4 Å². The fourth-order valence-electron chi connectivity index (χ4n) is 3.69. The molecule has 0 aliphatic heterocycles. The zero-order valence-corrected chi connectivity index (χ0v) is 16.8. The highest BCUT2D eigenvalue weighted by Crippen LogP contribution is 2.49. The third kappa shape index (κ3) is 3.37. The summed E-state index contributed by atoms with van der Waals surface area (Å²) in [5, 5.41) is 0. The molecule has 0 saturated heterocycles. The molecule has 1 N–H and O–H groups in total. The summed E-state index contributed by atoms with van der Waals surface area (Å²) in [4.78, 5) is -1.23. The maximum absolute atomic E-state index is 13.8. The smallest absolute Gasteiger partial charge is 0.282 e. The Bertz CT molecular complexity index is 1270. The summed E-state index contributed by atoms with van der Waals surface area (Å²) in [7, 11) is -5.26. The lowest BCUT2D eigenvalue weighted by Crippen LogP contribution is -2.15. The minimum absolute atomic E-state index is 0.0426. The van der Waals surface area contributed by atoms with E-state index in [1.807, 2.05) is 0 Å². The number of hydrogen-bond donors (Lipinski definition) is 1. The normalized spacial score (nSPS) is 13.3. The predicted molar refractivity (Wildman–Crippen MR) is 103 cm³/mol. The van der Waals surface area contributed by atoms with Crippen LogP contribution in [-0.4, -0.2) is 13.0 Å². The second-order valence-corrected chi connectivity index (χ2v) is 8.80. The second kappa shape index (κ2) is 6.65. The lowest BCUT2D eigenvalue weighted by Gasteiger charge is -2.20. The minimum atomic E-state index is -5.26. The molecular formula is C20H11BrF4O3S. The molecule has 0 fully saturated rings. The maximum Gasteiger partial charge on any atom is 0.417 e. The van der Waals surface area contributed by atoms with Gasteiger partial charge in [-0.25, -0.2) is 4.39 Å². The fourth-order valence-corrected chi connectivity index (χ4v) is 5.02. The fraction of sp³-hybridized carbons (Fsp3) is 0.100. The van der Waals surface area contributed by atoms with Gasteiger partial charge in [-0.1, -0.05) is 30.3 Å². The van der Waals surface area contributed by atoms with Crippen molar-refractivity contribution in [2.24, 2.45) is 0 Å². The van der Waals surface area contributed by atoms with Gasteiger partial charge in [-0.05, 0) is 68.4 Å². The van der Waals surface area contributed by atoms with Crippen LogP contribution < -0.4 is 0 Å². The summed E-state index contributed by atoms with van der Waals surface area (Å²) in [5.41, 5.74) is 0.130. The van der Waals surface area contributed by atoms with Crippen molar-refractivity contribution >= 4 is 26.0 Å². The Kier molecular flexibility index (Phi) is 4.60. The summed E-state index contributed by atoms with van der Waals surface area (Å²) >= 11 is 2.98. The van der Waals surface area contributed by atoms with E-state index in [1.165, 1.54) is 12.1 Å². The molecular weight excluding hydrogens is 476 g/mol. The molecule has 9 heteroatoms. The molecule has 3 aromatic rings. The third-order valence-corrected chi connectivity index (χ3v) is 6.38. The highest BCUT2D eigenvalue weighted by molar-refractivity contribution is 9.10. The van der Waals surface area contributed by atoms with Crippen molar-refractivity contribution < 1.29 is 30.5 Å². The molecule has 0 bridgehead atoms. The van der Waals surface area contributed by atoms with E-state index in [0.29, 0.717) is 11.1 Å². The molecule has 29 heavy (non-hydrogen) atoms. The van der Waals surface area contributed by atoms with Crippen LogP contribution in [-0.2, 0) is 22.7 Å². The van der Waals surface area contributed by atoms with Gasteiger partial charge in [-0.3, -0.25) is 4.55 Å². The van der Waals surface area contributed by atoms with Crippen molar-refractivity contribution in [3.63, 3.8) is 0 Å². The number of benzene rings is 3. The molecule has 0 saturated carbocycles. The highest BCUT2D eigenvalue weighted by Gasteiger charge is 2.41. The molecule has 3 nitrogen and oxygen atoms in total. The van der Waals surface area contributed by atoms with Crippen molar-refractivity contribution in [1.29, 1.82) is 0 Å². The van der Waals surface area contributed by atoms with Gasteiger partial charge in [-0.15, -0.1) is 0 Å². The first-order valence-electron chi connectivity index (χ1n) is 8.26. The van der Waals surface area contributed by atoms with Crippen molar-refractivity contribution in [3.05, 3.63) is 75.5 Å². The molecule has 150 valence electrons. The van der Waals surface area contributed by atoms with E-state index < -0.39 is 32.6 Å². The van der Waals surface area contributed by atoms with E-state index in [-0.39, 0.29) is 27.6 Å². The lowest BCUT2D eigenvalue weighted by atomic mass is 9.92. The van der Waals surface area contributed by atoms with E-state index in [9.17, 15) is 30.5 Å². The third-order valence-electron chi connectivity index (χ3n) is 4.83. The monoisotopic (exact) mass is 486 g/mol. The van der Waals surface area contributed by atoms with Crippen molar-refractivity contribution in [2.45, 2.75) is 17.5 Å².